The molecule has 0 radical (unpaired) electrons. The summed E-state index contributed by atoms with van der Waals surface area (Å²) in [4.78, 5) is 26.5. The third-order valence-electron chi connectivity index (χ3n) is 5.86. The molecule has 3 heterocycles. The number of carbonyl (C=O) groups excluding carboxylic acids is 1. The Hall–Kier alpha value is -2.47. The Kier molecular flexibility index (Phi) is 5.57. The lowest BCUT2D eigenvalue weighted by Crippen LogP contribution is -2.36. The topological polar surface area (TPSA) is 58.6 Å². The summed E-state index contributed by atoms with van der Waals surface area (Å²) in [5.41, 5.74) is 3.28. The van der Waals surface area contributed by atoms with Gasteiger partial charge in [-0.1, -0.05) is 18.2 Å². The molecule has 1 aromatic heterocycles. The summed E-state index contributed by atoms with van der Waals surface area (Å²) >= 11 is 0. The maximum atomic E-state index is 12.7. The molecule has 0 spiro atoms. The zero-order chi connectivity index (χ0) is 19.5. The van der Waals surface area contributed by atoms with E-state index in [9.17, 15) is 4.79 Å². The lowest BCUT2D eigenvalue weighted by Gasteiger charge is -2.28. The number of hydrogen-bond acceptors (Lipinski definition) is 5. The van der Waals surface area contributed by atoms with Gasteiger partial charge >= 0.3 is 0 Å². The van der Waals surface area contributed by atoms with Gasteiger partial charge in [0.25, 0.3) is 0 Å². The summed E-state index contributed by atoms with van der Waals surface area (Å²) in [6, 6.07) is 7.89. The van der Waals surface area contributed by atoms with Crippen molar-refractivity contribution in [1.82, 2.24) is 19.8 Å². The van der Waals surface area contributed by atoms with Gasteiger partial charge in [0, 0.05) is 50.2 Å². The summed E-state index contributed by atoms with van der Waals surface area (Å²) in [7, 11) is 3.81. The molecule has 148 valence electrons. The van der Waals surface area contributed by atoms with E-state index in [0.29, 0.717) is 25.3 Å². The molecule has 0 saturated carbocycles. The van der Waals surface area contributed by atoms with Gasteiger partial charge in [-0.2, -0.15) is 0 Å². The van der Waals surface area contributed by atoms with Crippen molar-refractivity contribution in [3.8, 4) is 5.75 Å². The Morgan fingerprint density at radius 1 is 1.29 bits per heavy atom. The molecule has 1 unspecified atom stereocenters. The second kappa shape index (κ2) is 8.27. The maximum Gasteiger partial charge on any atom is 0.223 e. The van der Waals surface area contributed by atoms with Crippen molar-refractivity contribution in [3.63, 3.8) is 0 Å². The Labute approximate surface area is 166 Å². The largest absolute Gasteiger partial charge is 0.496 e. The molecule has 0 bridgehead atoms. The number of aromatic nitrogens is 2. The molecule has 6 nitrogen and oxygen atoms in total. The molecule has 0 N–H and O–H groups in total. The first-order valence-corrected chi connectivity index (χ1v) is 10.1. The van der Waals surface area contributed by atoms with Gasteiger partial charge in [-0.3, -0.25) is 4.79 Å². The van der Waals surface area contributed by atoms with Crippen molar-refractivity contribution in [2.45, 2.75) is 38.1 Å². The second-order valence-electron chi connectivity index (χ2n) is 7.83. The van der Waals surface area contributed by atoms with Crippen LogP contribution in [-0.4, -0.2) is 59.5 Å². The van der Waals surface area contributed by atoms with E-state index >= 15 is 0 Å². The molecule has 1 amide bonds. The number of benzene rings is 1. The first-order chi connectivity index (χ1) is 13.6. The number of rotatable bonds is 5. The van der Waals surface area contributed by atoms with Crippen molar-refractivity contribution in [2.75, 3.05) is 33.8 Å². The van der Waals surface area contributed by atoms with E-state index in [1.807, 2.05) is 35.4 Å². The normalized spacial score (nSPS) is 19.5. The fourth-order valence-electron chi connectivity index (χ4n) is 4.20. The molecule has 2 aromatic rings. The number of amides is 1. The third kappa shape index (κ3) is 4.02. The third-order valence-corrected chi connectivity index (χ3v) is 5.86. The minimum Gasteiger partial charge on any atom is -0.496 e. The molecule has 6 heteroatoms. The Morgan fingerprint density at radius 2 is 2.14 bits per heavy atom. The van der Waals surface area contributed by atoms with E-state index < -0.39 is 0 Å². The number of ether oxygens (including phenoxy) is 1. The van der Waals surface area contributed by atoms with E-state index in [1.54, 1.807) is 7.11 Å². The molecule has 1 fully saturated rings. The van der Waals surface area contributed by atoms with Gasteiger partial charge in [0.2, 0.25) is 5.91 Å². The number of nitrogens with zero attached hydrogens (tertiary/aromatic N) is 4. The maximum absolute atomic E-state index is 12.7. The summed E-state index contributed by atoms with van der Waals surface area (Å²) in [5, 5.41) is 0. The van der Waals surface area contributed by atoms with E-state index in [0.717, 1.165) is 60.9 Å². The number of aryl methyl sites for hydroxylation is 1. The molecule has 2 aliphatic heterocycles. The summed E-state index contributed by atoms with van der Waals surface area (Å²) in [6.07, 6.45) is 5.06. The molecular weight excluding hydrogens is 352 g/mol. The van der Waals surface area contributed by atoms with Crippen LogP contribution in [0.25, 0.3) is 0 Å². The zero-order valence-electron chi connectivity index (χ0n) is 16.7. The fraction of sp³-hybridized carbons (Fsp3) is 0.500. The van der Waals surface area contributed by atoms with Gasteiger partial charge in [0.15, 0.2) is 0 Å². The number of fused-ring (bicyclic) bond motifs is 1. The van der Waals surface area contributed by atoms with Crippen molar-refractivity contribution >= 4 is 5.91 Å². The van der Waals surface area contributed by atoms with E-state index in [2.05, 4.69) is 16.9 Å². The van der Waals surface area contributed by atoms with Gasteiger partial charge in [-0.15, -0.1) is 0 Å². The van der Waals surface area contributed by atoms with E-state index in [4.69, 9.17) is 9.72 Å². The first-order valence-electron chi connectivity index (χ1n) is 10.1. The van der Waals surface area contributed by atoms with Crippen LogP contribution in [0.15, 0.2) is 30.5 Å². The molecular formula is C22H28N4O2. The van der Waals surface area contributed by atoms with Crippen LogP contribution < -0.4 is 4.74 Å². The van der Waals surface area contributed by atoms with E-state index in [1.165, 1.54) is 0 Å². The number of para-hydroxylation sites is 1. The highest BCUT2D eigenvalue weighted by molar-refractivity contribution is 5.76. The highest BCUT2D eigenvalue weighted by Gasteiger charge is 2.26. The molecule has 0 aliphatic carbocycles. The first kappa shape index (κ1) is 18.9. The monoisotopic (exact) mass is 380 g/mol. The van der Waals surface area contributed by atoms with Crippen LogP contribution in [0.1, 0.15) is 41.4 Å². The zero-order valence-corrected chi connectivity index (χ0v) is 16.7. The number of likely N-dealkylation sites (N-methyl/N-ethyl adjacent to an activating group) is 1. The van der Waals surface area contributed by atoms with Crippen molar-refractivity contribution in [2.24, 2.45) is 0 Å². The second-order valence-corrected chi connectivity index (χ2v) is 7.83. The summed E-state index contributed by atoms with van der Waals surface area (Å²) < 4.78 is 5.39. The molecule has 1 atom stereocenters. The number of likely N-dealkylation sites (tertiary alicyclic amines) is 1. The number of hydrogen-bond donors (Lipinski definition) is 0. The SMILES string of the molecule is COc1ccccc1CCC(=O)N1CCc2nc(C3CCN(C)C3)ncc2C1. The predicted octanol–water partition coefficient (Wildman–Crippen LogP) is 2.42. The van der Waals surface area contributed by atoms with Gasteiger partial charge in [0.05, 0.1) is 12.8 Å². The van der Waals surface area contributed by atoms with Crippen LogP contribution in [0.4, 0.5) is 0 Å². The minimum atomic E-state index is 0.179. The van der Waals surface area contributed by atoms with Crippen molar-refractivity contribution in [3.05, 3.63) is 53.1 Å². The molecule has 4 rings (SSSR count). The van der Waals surface area contributed by atoms with Crippen LogP contribution in [-0.2, 0) is 24.2 Å². The van der Waals surface area contributed by atoms with Crippen LogP contribution in [0.2, 0.25) is 0 Å². The average Bonchev–Trinajstić information content (AvgIpc) is 3.17. The van der Waals surface area contributed by atoms with Crippen LogP contribution >= 0.6 is 0 Å². The highest BCUT2D eigenvalue weighted by atomic mass is 16.5. The van der Waals surface area contributed by atoms with Crippen molar-refractivity contribution < 1.29 is 9.53 Å². The Bertz CT molecular complexity index is 854. The molecule has 1 aromatic carbocycles. The Morgan fingerprint density at radius 3 is 2.93 bits per heavy atom. The van der Waals surface area contributed by atoms with Crippen LogP contribution in [0.5, 0.6) is 5.75 Å². The van der Waals surface area contributed by atoms with Crippen LogP contribution in [0, 0.1) is 0 Å². The van der Waals surface area contributed by atoms with Crippen molar-refractivity contribution in [1.29, 1.82) is 0 Å². The molecule has 1 saturated heterocycles. The number of carbonyl (C=O) groups is 1. The van der Waals surface area contributed by atoms with Gasteiger partial charge in [0.1, 0.15) is 11.6 Å². The molecule has 2 aliphatic rings. The summed E-state index contributed by atoms with van der Waals surface area (Å²) in [6.45, 7) is 3.50. The standard InChI is InChI=1S/C22H28N4O2/c1-25-11-9-17(14-25)22-23-13-18-15-26(12-10-19(18)24-22)21(27)8-7-16-5-3-4-6-20(16)28-2/h3-6,13,17H,7-12,14-15H2,1-2H3. The van der Waals surface area contributed by atoms with Crippen LogP contribution in [0.3, 0.4) is 0 Å². The van der Waals surface area contributed by atoms with E-state index in [-0.39, 0.29) is 5.91 Å². The summed E-state index contributed by atoms with van der Waals surface area (Å²) in [5.74, 6) is 2.44. The highest BCUT2D eigenvalue weighted by Crippen LogP contribution is 2.26. The van der Waals surface area contributed by atoms with Gasteiger partial charge in [-0.05, 0) is 38.1 Å². The quantitative estimate of drug-likeness (QED) is 0.797. The smallest absolute Gasteiger partial charge is 0.223 e. The minimum absolute atomic E-state index is 0.179. The Balaban J connectivity index is 1.37. The fourth-order valence-corrected chi connectivity index (χ4v) is 4.20. The average molecular weight is 380 g/mol. The van der Waals surface area contributed by atoms with Gasteiger partial charge in [-0.25, -0.2) is 9.97 Å². The lowest BCUT2D eigenvalue weighted by atomic mass is 10.0. The lowest BCUT2D eigenvalue weighted by molar-refractivity contribution is -0.132. The number of methoxy groups -OCH3 is 1. The predicted molar refractivity (Wildman–Crippen MR) is 107 cm³/mol. The van der Waals surface area contributed by atoms with Gasteiger partial charge < -0.3 is 14.5 Å². The molecule has 28 heavy (non-hydrogen) atoms.